The van der Waals surface area contributed by atoms with Gasteiger partial charge in [0.15, 0.2) is 6.10 Å². The second-order valence-electron chi connectivity index (χ2n) is 9.88. The zero-order chi connectivity index (χ0) is 30.7. The van der Waals surface area contributed by atoms with Crippen LogP contribution in [0.25, 0.3) is 22.3 Å². The van der Waals surface area contributed by atoms with Gasteiger partial charge < -0.3 is 14.6 Å². The van der Waals surface area contributed by atoms with Gasteiger partial charge in [0.1, 0.15) is 18.2 Å². The van der Waals surface area contributed by atoms with Crippen LogP contribution in [-0.4, -0.2) is 35.9 Å². The van der Waals surface area contributed by atoms with E-state index in [1.54, 1.807) is 36.4 Å². The summed E-state index contributed by atoms with van der Waals surface area (Å²) in [6, 6.07) is 14.7. The quantitative estimate of drug-likeness (QED) is 0.0832. The predicted octanol–water partition coefficient (Wildman–Crippen LogP) is 9.26. The summed E-state index contributed by atoms with van der Waals surface area (Å²) >= 11 is 0. The zero-order valence-electron chi connectivity index (χ0n) is 23.4. The Morgan fingerprint density at radius 3 is 2.19 bits per heavy atom. The number of aromatic carboxylic acids is 1. The molecule has 0 aliphatic carbocycles. The van der Waals surface area contributed by atoms with E-state index in [1.807, 2.05) is 6.92 Å². The molecule has 224 valence electrons. The molecule has 0 bridgehead atoms. The first-order valence-corrected chi connectivity index (χ1v) is 13.8. The van der Waals surface area contributed by atoms with Crippen LogP contribution < -0.4 is 4.74 Å². The van der Waals surface area contributed by atoms with Gasteiger partial charge in [-0.05, 0) is 71.5 Å². The van der Waals surface area contributed by atoms with Gasteiger partial charge >= 0.3 is 18.1 Å². The number of benzene rings is 3. The lowest BCUT2D eigenvalue weighted by Gasteiger charge is -2.21. The van der Waals surface area contributed by atoms with Gasteiger partial charge in [0, 0.05) is 0 Å². The number of carbonyl (C=O) groups is 2. The van der Waals surface area contributed by atoms with Crippen molar-refractivity contribution in [2.24, 2.45) is 0 Å². The zero-order valence-corrected chi connectivity index (χ0v) is 23.4. The molecule has 42 heavy (non-hydrogen) atoms. The average Bonchev–Trinajstić information content (AvgIpc) is 2.96. The number of carbonyl (C=O) groups excluding carboxylic acids is 1. The third-order valence-corrected chi connectivity index (χ3v) is 6.73. The Labute approximate surface area is 242 Å². The molecule has 0 fully saturated rings. The van der Waals surface area contributed by atoms with Crippen LogP contribution in [0.5, 0.6) is 5.75 Å². The monoisotopic (exact) mass is 586 g/mol. The van der Waals surface area contributed by atoms with Gasteiger partial charge in [0.05, 0.1) is 11.1 Å². The Kier molecular flexibility index (Phi) is 11.7. The van der Waals surface area contributed by atoms with Crippen LogP contribution in [0.1, 0.15) is 72.6 Å². The number of hydrogen-bond donors (Lipinski definition) is 1. The maximum atomic E-state index is 15.2. The maximum Gasteiger partial charge on any atom is 0.425 e. The minimum absolute atomic E-state index is 0.0497. The second kappa shape index (κ2) is 15.2. The molecule has 1 atom stereocenters. The lowest BCUT2D eigenvalue weighted by molar-refractivity contribution is -0.206. The highest BCUT2D eigenvalue weighted by Crippen LogP contribution is 2.35. The molecule has 0 aliphatic heterocycles. The molecular formula is C33H34F4O5. The molecule has 9 heteroatoms. The number of halogens is 4. The lowest BCUT2D eigenvalue weighted by atomic mass is 9.92. The second-order valence-corrected chi connectivity index (χ2v) is 9.88. The number of carboxylic acid groups (broad SMARTS) is 1. The summed E-state index contributed by atoms with van der Waals surface area (Å²) in [5.74, 6) is -3.11. The van der Waals surface area contributed by atoms with Crippen LogP contribution in [0.15, 0.2) is 73.3 Å². The molecule has 0 aliphatic rings. The van der Waals surface area contributed by atoms with Crippen molar-refractivity contribution in [1.82, 2.24) is 0 Å². The fraction of sp³-hybridized carbons (Fsp3) is 0.333. The minimum Gasteiger partial charge on any atom is -0.490 e. The van der Waals surface area contributed by atoms with Crippen molar-refractivity contribution < 1.29 is 41.7 Å². The van der Waals surface area contributed by atoms with Crippen molar-refractivity contribution in [3.8, 4) is 28.0 Å². The van der Waals surface area contributed by atoms with Gasteiger partial charge in [0.25, 0.3) is 0 Å². The number of carboxylic acids is 1. The molecule has 0 spiro atoms. The third-order valence-electron chi connectivity index (χ3n) is 6.73. The van der Waals surface area contributed by atoms with E-state index in [9.17, 15) is 27.9 Å². The smallest absolute Gasteiger partial charge is 0.425 e. The third kappa shape index (κ3) is 8.93. The summed E-state index contributed by atoms with van der Waals surface area (Å²) in [6.07, 6.45) is -1.38. The molecule has 0 saturated carbocycles. The largest absolute Gasteiger partial charge is 0.490 e. The van der Waals surface area contributed by atoms with Gasteiger partial charge in [-0.15, -0.1) is 0 Å². The van der Waals surface area contributed by atoms with E-state index in [0.29, 0.717) is 35.5 Å². The van der Waals surface area contributed by atoms with Crippen molar-refractivity contribution in [3.63, 3.8) is 0 Å². The number of alkyl halides is 3. The molecule has 0 heterocycles. The number of esters is 1. The highest BCUT2D eigenvalue weighted by Gasteiger charge is 2.42. The van der Waals surface area contributed by atoms with Crippen molar-refractivity contribution in [2.75, 3.05) is 6.61 Å². The number of rotatable bonds is 15. The first-order valence-electron chi connectivity index (χ1n) is 13.8. The Bertz CT molecular complexity index is 1370. The lowest BCUT2D eigenvalue weighted by Crippen LogP contribution is -2.34. The maximum absolute atomic E-state index is 15.2. The van der Waals surface area contributed by atoms with Gasteiger partial charge in [-0.1, -0.05) is 75.9 Å². The van der Waals surface area contributed by atoms with Gasteiger partial charge in [0.2, 0.25) is 0 Å². The molecule has 0 amide bonds. The summed E-state index contributed by atoms with van der Waals surface area (Å²) in [6.45, 7) is 5.95. The van der Waals surface area contributed by atoms with Crippen LogP contribution in [0.4, 0.5) is 17.6 Å². The van der Waals surface area contributed by atoms with Crippen LogP contribution in [0, 0.1) is 5.82 Å². The van der Waals surface area contributed by atoms with E-state index in [4.69, 9.17) is 9.47 Å². The molecule has 3 rings (SSSR count). The van der Waals surface area contributed by atoms with Gasteiger partial charge in [-0.3, -0.25) is 0 Å². The molecule has 0 aromatic heterocycles. The van der Waals surface area contributed by atoms with Crippen molar-refractivity contribution in [2.45, 2.75) is 64.1 Å². The number of unbranched alkanes of at least 4 members (excludes halogenated alkanes) is 5. The summed E-state index contributed by atoms with van der Waals surface area (Å²) in [5.41, 5.74) is 1.14. The minimum atomic E-state index is -4.78. The molecular weight excluding hydrogens is 552 g/mol. The Hall–Kier alpha value is -4.14. The van der Waals surface area contributed by atoms with Gasteiger partial charge in [-0.2, -0.15) is 13.2 Å². The van der Waals surface area contributed by atoms with E-state index in [1.165, 1.54) is 18.2 Å². The molecule has 3 aromatic carbocycles. The standard InChI is InChI=1S/C33H34F4O5/c1-3-5-6-7-8-9-10-30(33(35,36)37)42-32(40)27-18-13-23(21-29(27)34)28-20-24(31(38)39)14-17-26(28)22-11-15-25(16-12-22)41-19-4-2/h4,11-18,20-21,30H,2-3,5-10,19H2,1H3,(H,38,39). The fourth-order valence-electron chi connectivity index (χ4n) is 4.49. The molecule has 1 N–H and O–H groups in total. The number of hydrogen-bond acceptors (Lipinski definition) is 4. The highest BCUT2D eigenvalue weighted by molar-refractivity contribution is 5.95. The summed E-state index contributed by atoms with van der Waals surface area (Å²) in [5, 5.41) is 9.52. The fourth-order valence-corrected chi connectivity index (χ4v) is 4.49. The Morgan fingerprint density at radius 1 is 0.905 bits per heavy atom. The Morgan fingerprint density at radius 2 is 1.57 bits per heavy atom. The van der Waals surface area contributed by atoms with Gasteiger partial charge in [-0.25, -0.2) is 14.0 Å². The summed E-state index contributed by atoms with van der Waals surface area (Å²) in [4.78, 5) is 24.3. The van der Waals surface area contributed by atoms with E-state index in [-0.39, 0.29) is 17.5 Å². The van der Waals surface area contributed by atoms with Crippen molar-refractivity contribution in [3.05, 3.63) is 90.3 Å². The molecule has 3 aromatic rings. The summed E-state index contributed by atoms with van der Waals surface area (Å²) < 4.78 is 66.2. The highest BCUT2D eigenvalue weighted by atomic mass is 19.4. The van der Waals surface area contributed by atoms with Crippen molar-refractivity contribution >= 4 is 11.9 Å². The van der Waals surface area contributed by atoms with Crippen LogP contribution in [-0.2, 0) is 4.74 Å². The first-order chi connectivity index (χ1) is 20.0. The predicted molar refractivity (Wildman–Crippen MR) is 153 cm³/mol. The van der Waals surface area contributed by atoms with Crippen LogP contribution >= 0.6 is 0 Å². The molecule has 5 nitrogen and oxygen atoms in total. The molecule has 0 radical (unpaired) electrons. The SMILES string of the molecule is C=CCOc1ccc(-c2ccc(C(=O)O)cc2-c2ccc(C(=O)OC(CCCCCCCC)C(F)(F)F)c(F)c2)cc1. The number of ether oxygens (including phenoxy) is 2. The van der Waals surface area contributed by atoms with E-state index in [0.717, 1.165) is 37.8 Å². The van der Waals surface area contributed by atoms with E-state index >= 15 is 4.39 Å². The normalized spacial score (nSPS) is 12.0. The topological polar surface area (TPSA) is 72.8 Å². The van der Waals surface area contributed by atoms with Crippen LogP contribution in [0.2, 0.25) is 0 Å². The molecule has 0 saturated heterocycles. The van der Waals surface area contributed by atoms with E-state index < -0.39 is 42.0 Å². The first kappa shape index (κ1) is 32.4. The van der Waals surface area contributed by atoms with E-state index in [2.05, 4.69) is 6.58 Å². The average molecular weight is 587 g/mol. The Balaban J connectivity index is 1.85. The summed E-state index contributed by atoms with van der Waals surface area (Å²) in [7, 11) is 0. The van der Waals surface area contributed by atoms with Crippen molar-refractivity contribution in [1.29, 1.82) is 0 Å². The van der Waals surface area contributed by atoms with Crippen LogP contribution in [0.3, 0.4) is 0 Å². The molecule has 1 unspecified atom stereocenters.